The number of piperidine rings is 1. The molecule has 3 heterocycles. The van der Waals surface area contributed by atoms with Crippen LogP contribution in [0.4, 0.5) is 9.52 Å². The minimum absolute atomic E-state index is 0.0657. The van der Waals surface area contributed by atoms with Gasteiger partial charge < -0.3 is 4.74 Å². The number of amides is 1. The third-order valence-electron chi connectivity index (χ3n) is 6.33. The smallest absolute Gasteiger partial charge is 0.243 e. The zero-order valence-corrected chi connectivity index (χ0v) is 21.7. The lowest BCUT2D eigenvalue weighted by molar-refractivity contribution is -0.123. The molecule has 2 aromatic heterocycles. The van der Waals surface area contributed by atoms with E-state index in [0.717, 1.165) is 5.56 Å². The maximum atomic E-state index is 13.9. The standard InChI is InChI=1S/C26H25FN4O4S2/c1-35-21-7-9-22(10-8-21)37(33,34)30-13-3-5-19(17-30)25(32)31(16-18-4-2-12-28-15-18)26-29-23-11-6-20(27)14-24(23)36-26/h2,4,6-12,14-15,19H,3,5,13,16-17H2,1H3. The molecule has 1 unspecified atom stereocenters. The molecule has 0 saturated carbocycles. The number of nitrogens with zero attached hydrogens (tertiary/aromatic N) is 4. The highest BCUT2D eigenvalue weighted by atomic mass is 32.2. The Hall–Kier alpha value is -3.41. The van der Waals surface area contributed by atoms with Gasteiger partial charge in [-0.2, -0.15) is 4.31 Å². The minimum Gasteiger partial charge on any atom is -0.497 e. The van der Waals surface area contributed by atoms with Crippen molar-refractivity contribution in [1.29, 1.82) is 0 Å². The summed E-state index contributed by atoms with van der Waals surface area (Å²) >= 11 is 1.23. The molecule has 0 radical (unpaired) electrons. The number of ether oxygens (including phenoxy) is 1. The maximum Gasteiger partial charge on any atom is 0.243 e. The van der Waals surface area contributed by atoms with Gasteiger partial charge in [-0.3, -0.25) is 14.7 Å². The molecule has 11 heteroatoms. The molecular weight excluding hydrogens is 515 g/mol. The van der Waals surface area contributed by atoms with Crippen LogP contribution in [-0.4, -0.2) is 48.8 Å². The number of halogens is 1. The van der Waals surface area contributed by atoms with Crippen molar-refractivity contribution in [2.45, 2.75) is 24.3 Å². The predicted octanol–water partition coefficient (Wildman–Crippen LogP) is 4.47. The Morgan fingerprint density at radius 2 is 2.03 bits per heavy atom. The van der Waals surface area contributed by atoms with Crippen molar-refractivity contribution < 1.29 is 22.3 Å². The molecule has 4 aromatic rings. The summed E-state index contributed by atoms with van der Waals surface area (Å²) in [6.45, 7) is 0.619. The number of aromatic nitrogens is 2. The molecule has 0 spiro atoms. The number of methoxy groups -OCH3 is 1. The zero-order valence-electron chi connectivity index (χ0n) is 20.1. The number of thiazole rings is 1. The zero-order chi connectivity index (χ0) is 26.0. The van der Waals surface area contributed by atoms with E-state index in [1.165, 1.54) is 47.0 Å². The van der Waals surface area contributed by atoms with E-state index in [9.17, 15) is 17.6 Å². The Labute approximate surface area is 218 Å². The van der Waals surface area contributed by atoms with E-state index in [-0.39, 0.29) is 29.7 Å². The number of hydrogen-bond acceptors (Lipinski definition) is 7. The fraction of sp³-hybridized carbons (Fsp3) is 0.269. The summed E-state index contributed by atoms with van der Waals surface area (Å²) in [5, 5.41) is 0.435. The quantitative estimate of drug-likeness (QED) is 0.343. The topological polar surface area (TPSA) is 92.7 Å². The average molecular weight is 541 g/mol. The average Bonchev–Trinajstić information content (AvgIpc) is 3.35. The molecule has 37 heavy (non-hydrogen) atoms. The van der Waals surface area contributed by atoms with Crippen molar-refractivity contribution in [2.75, 3.05) is 25.1 Å². The number of carbonyl (C=O) groups excluding carboxylic acids is 1. The summed E-state index contributed by atoms with van der Waals surface area (Å²) in [5.41, 5.74) is 1.40. The third-order valence-corrected chi connectivity index (χ3v) is 9.25. The van der Waals surface area contributed by atoms with Gasteiger partial charge in [-0.1, -0.05) is 17.4 Å². The van der Waals surface area contributed by atoms with E-state index < -0.39 is 15.9 Å². The minimum atomic E-state index is -3.79. The number of anilines is 1. The molecule has 2 aromatic carbocycles. The van der Waals surface area contributed by atoms with Crippen LogP contribution in [0.3, 0.4) is 0 Å². The molecule has 1 fully saturated rings. The van der Waals surface area contributed by atoms with Crippen LogP contribution in [0.15, 0.2) is 71.9 Å². The second-order valence-corrected chi connectivity index (χ2v) is 11.7. The summed E-state index contributed by atoms with van der Waals surface area (Å²) < 4.78 is 47.6. The lowest BCUT2D eigenvalue weighted by atomic mass is 9.98. The number of pyridine rings is 1. The van der Waals surface area contributed by atoms with Gasteiger partial charge >= 0.3 is 0 Å². The first-order valence-corrected chi connectivity index (χ1v) is 14.0. The Bertz CT molecular complexity index is 1510. The van der Waals surface area contributed by atoms with Crippen LogP contribution in [0.5, 0.6) is 5.75 Å². The van der Waals surface area contributed by atoms with Crippen LogP contribution < -0.4 is 9.64 Å². The van der Waals surface area contributed by atoms with Crippen LogP contribution in [-0.2, 0) is 21.4 Å². The lowest BCUT2D eigenvalue weighted by Gasteiger charge is -2.33. The van der Waals surface area contributed by atoms with Gasteiger partial charge in [-0.15, -0.1) is 0 Å². The number of rotatable bonds is 7. The van der Waals surface area contributed by atoms with Crippen molar-refractivity contribution in [3.8, 4) is 5.75 Å². The van der Waals surface area contributed by atoms with Gasteiger partial charge in [0.2, 0.25) is 15.9 Å². The van der Waals surface area contributed by atoms with Crippen LogP contribution in [0.2, 0.25) is 0 Å². The first-order chi connectivity index (χ1) is 17.8. The lowest BCUT2D eigenvalue weighted by Crippen LogP contribution is -2.46. The molecule has 1 aliphatic rings. The van der Waals surface area contributed by atoms with Crippen LogP contribution >= 0.6 is 11.3 Å². The van der Waals surface area contributed by atoms with Crippen LogP contribution in [0.1, 0.15) is 18.4 Å². The number of sulfonamides is 1. The molecule has 1 saturated heterocycles. The highest BCUT2D eigenvalue weighted by molar-refractivity contribution is 7.89. The predicted molar refractivity (Wildman–Crippen MR) is 139 cm³/mol. The Morgan fingerprint density at radius 1 is 1.22 bits per heavy atom. The molecule has 192 valence electrons. The Morgan fingerprint density at radius 3 is 2.76 bits per heavy atom. The fourth-order valence-corrected chi connectivity index (χ4v) is 6.91. The van der Waals surface area contributed by atoms with Gasteiger partial charge in [0.1, 0.15) is 11.6 Å². The summed E-state index contributed by atoms with van der Waals surface area (Å²) in [5.74, 6) is -0.591. The highest BCUT2D eigenvalue weighted by Gasteiger charge is 2.36. The number of hydrogen-bond donors (Lipinski definition) is 0. The third kappa shape index (κ3) is 5.34. The first kappa shape index (κ1) is 25.2. The van der Waals surface area contributed by atoms with Gasteiger partial charge in [0.25, 0.3) is 0 Å². The molecule has 5 rings (SSSR count). The molecule has 1 aliphatic heterocycles. The highest BCUT2D eigenvalue weighted by Crippen LogP contribution is 2.33. The molecule has 8 nitrogen and oxygen atoms in total. The van der Waals surface area contributed by atoms with Crippen molar-refractivity contribution >= 4 is 42.6 Å². The van der Waals surface area contributed by atoms with E-state index in [0.29, 0.717) is 40.5 Å². The van der Waals surface area contributed by atoms with Gasteiger partial charge in [0, 0.05) is 25.5 Å². The molecule has 0 bridgehead atoms. The van der Waals surface area contributed by atoms with Crippen LogP contribution in [0, 0.1) is 11.7 Å². The second-order valence-electron chi connectivity index (χ2n) is 8.77. The Kier molecular flexibility index (Phi) is 7.18. The van der Waals surface area contributed by atoms with Gasteiger partial charge in [-0.25, -0.2) is 17.8 Å². The molecular formula is C26H25FN4O4S2. The van der Waals surface area contributed by atoms with Crippen molar-refractivity contribution in [2.24, 2.45) is 5.92 Å². The molecule has 0 aliphatic carbocycles. The number of fused-ring (bicyclic) bond motifs is 1. The maximum absolute atomic E-state index is 13.9. The second kappa shape index (κ2) is 10.5. The van der Waals surface area contributed by atoms with E-state index in [1.54, 1.807) is 41.6 Å². The largest absolute Gasteiger partial charge is 0.497 e. The van der Waals surface area contributed by atoms with Crippen molar-refractivity contribution in [3.63, 3.8) is 0 Å². The van der Waals surface area contributed by atoms with Crippen LogP contribution in [0.25, 0.3) is 10.2 Å². The van der Waals surface area contributed by atoms with Crippen molar-refractivity contribution in [3.05, 3.63) is 78.4 Å². The fourth-order valence-electron chi connectivity index (χ4n) is 4.40. The van der Waals surface area contributed by atoms with Gasteiger partial charge in [-0.05, 0) is 66.9 Å². The molecule has 1 atom stereocenters. The first-order valence-electron chi connectivity index (χ1n) is 11.8. The summed E-state index contributed by atoms with van der Waals surface area (Å²) in [6.07, 6.45) is 4.43. The Balaban J connectivity index is 1.43. The van der Waals surface area contributed by atoms with Gasteiger partial charge in [0.15, 0.2) is 5.13 Å². The van der Waals surface area contributed by atoms with E-state index in [1.807, 2.05) is 6.07 Å². The van der Waals surface area contributed by atoms with Gasteiger partial charge in [0.05, 0.1) is 34.7 Å². The number of benzene rings is 2. The van der Waals surface area contributed by atoms with E-state index in [4.69, 9.17) is 4.74 Å². The molecule has 0 N–H and O–H groups in total. The molecule has 1 amide bonds. The van der Waals surface area contributed by atoms with E-state index >= 15 is 0 Å². The monoisotopic (exact) mass is 540 g/mol. The number of carbonyl (C=O) groups is 1. The summed E-state index contributed by atoms with van der Waals surface area (Å²) in [4.78, 5) is 24.4. The SMILES string of the molecule is COc1ccc(S(=O)(=O)N2CCCC(C(=O)N(Cc3cccnc3)c3nc4ccc(F)cc4s3)C2)cc1. The van der Waals surface area contributed by atoms with E-state index in [2.05, 4.69) is 9.97 Å². The van der Waals surface area contributed by atoms with Crippen molar-refractivity contribution in [1.82, 2.24) is 14.3 Å². The summed E-state index contributed by atoms with van der Waals surface area (Å²) in [7, 11) is -2.27. The summed E-state index contributed by atoms with van der Waals surface area (Å²) in [6, 6.07) is 14.2. The normalized spacial score (nSPS) is 16.5.